The minimum Gasteiger partial charge on any atom is -0.314 e. The molecule has 0 bridgehead atoms. The first-order chi connectivity index (χ1) is 8.54. The zero-order chi connectivity index (χ0) is 13.0. The second-order valence-electron chi connectivity index (χ2n) is 5.85. The Morgan fingerprint density at radius 3 is 2.50 bits per heavy atom. The molecule has 0 unspecified atom stereocenters. The summed E-state index contributed by atoms with van der Waals surface area (Å²) in [6.45, 7) is 12.5. The Morgan fingerprint density at radius 1 is 1.17 bits per heavy atom. The van der Waals surface area contributed by atoms with Crippen LogP contribution in [0.4, 0.5) is 0 Å². The van der Waals surface area contributed by atoms with Gasteiger partial charge in [0.25, 0.3) is 0 Å². The zero-order valence-corrected chi connectivity index (χ0v) is 12.5. The van der Waals surface area contributed by atoms with Gasteiger partial charge in [-0.3, -0.25) is 4.90 Å². The van der Waals surface area contributed by atoms with Gasteiger partial charge in [-0.25, -0.2) is 0 Å². The third kappa shape index (κ3) is 4.30. The maximum absolute atomic E-state index is 3.41. The van der Waals surface area contributed by atoms with Crippen LogP contribution in [0.2, 0.25) is 0 Å². The van der Waals surface area contributed by atoms with Crippen LogP contribution in [-0.4, -0.2) is 35.8 Å². The molecule has 2 rings (SSSR count). The number of hydrogen-bond acceptors (Lipinski definition) is 3. The van der Waals surface area contributed by atoms with Crippen molar-refractivity contribution >= 4 is 11.8 Å². The largest absolute Gasteiger partial charge is 0.314 e. The maximum atomic E-state index is 3.41. The van der Waals surface area contributed by atoms with Gasteiger partial charge in [0.1, 0.15) is 0 Å². The molecular weight excluding hydrogens is 240 g/mol. The van der Waals surface area contributed by atoms with Crippen molar-refractivity contribution < 1.29 is 0 Å². The number of benzene rings is 1. The van der Waals surface area contributed by atoms with Crippen LogP contribution in [0.15, 0.2) is 29.2 Å². The van der Waals surface area contributed by atoms with E-state index in [0.717, 1.165) is 32.7 Å². The Morgan fingerprint density at radius 2 is 1.83 bits per heavy atom. The minimum atomic E-state index is 0.277. The Labute approximate surface area is 115 Å². The standard InChI is InChI=1S/C15H24N2S/c1-15(2,3)18-14-7-5-4-6-13(14)12-17-10-8-16-9-11-17/h4-7,16H,8-12H2,1-3H3. The van der Waals surface area contributed by atoms with E-state index in [0.29, 0.717) is 0 Å². The highest BCUT2D eigenvalue weighted by atomic mass is 32.2. The molecule has 0 amide bonds. The molecule has 0 aromatic heterocycles. The smallest absolute Gasteiger partial charge is 0.0245 e. The Bertz CT molecular complexity index is 378. The van der Waals surface area contributed by atoms with Crippen molar-refractivity contribution in [3.8, 4) is 0 Å². The van der Waals surface area contributed by atoms with Crippen LogP contribution in [-0.2, 0) is 6.54 Å². The van der Waals surface area contributed by atoms with Crippen LogP contribution < -0.4 is 5.32 Å². The van der Waals surface area contributed by atoms with E-state index in [-0.39, 0.29) is 4.75 Å². The summed E-state index contributed by atoms with van der Waals surface area (Å²) in [6.07, 6.45) is 0. The minimum absolute atomic E-state index is 0.277. The summed E-state index contributed by atoms with van der Waals surface area (Å²) in [5.41, 5.74) is 1.47. The van der Waals surface area contributed by atoms with E-state index in [4.69, 9.17) is 0 Å². The molecule has 3 heteroatoms. The molecule has 18 heavy (non-hydrogen) atoms. The van der Waals surface area contributed by atoms with E-state index >= 15 is 0 Å². The van der Waals surface area contributed by atoms with Crippen LogP contribution >= 0.6 is 11.8 Å². The summed E-state index contributed by atoms with van der Waals surface area (Å²) in [4.78, 5) is 3.97. The van der Waals surface area contributed by atoms with Crippen molar-refractivity contribution in [2.45, 2.75) is 37.0 Å². The Kier molecular flexibility index (Phi) is 4.71. The first-order valence-corrected chi connectivity index (χ1v) is 7.56. The Balaban J connectivity index is 2.06. The monoisotopic (exact) mass is 264 g/mol. The average molecular weight is 264 g/mol. The zero-order valence-electron chi connectivity index (χ0n) is 11.7. The molecule has 100 valence electrons. The lowest BCUT2D eigenvalue weighted by Crippen LogP contribution is -2.42. The summed E-state index contributed by atoms with van der Waals surface area (Å²) in [5, 5.41) is 3.41. The topological polar surface area (TPSA) is 15.3 Å². The Hall–Kier alpha value is -0.510. The predicted octanol–water partition coefficient (Wildman–Crippen LogP) is 2.98. The SMILES string of the molecule is CC(C)(C)Sc1ccccc1CN1CCNCC1. The quantitative estimate of drug-likeness (QED) is 0.845. The van der Waals surface area contributed by atoms with Gasteiger partial charge in [-0.2, -0.15) is 0 Å². The number of nitrogens with one attached hydrogen (secondary N) is 1. The molecule has 0 radical (unpaired) electrons. The van der Waals surface area contributed by atoms with Gasteiger partial charge in [-0.1, -0.05) is 39.0 Å². The van der Waals surface area contributed by atoms with Gasteiger partial charge in [-0.05, 0) is 11.6 Å². The number of nitrogens with zero attached hydrogens (tertiary/aromatic N) is 1. The van der Waals surface area contributed by atoms with Gasteiger partial charge >= 0.3 is 0 Å². The van der Waals surface area contributed by atoms with Crippen LogP contribution in [0.5, 0.6) is 0 Å². The average Bonchev–Trinajstić information content (AvgIpc) is 2.31. The summed E-state index contributed by atoms with van der Waals surface area (Å²) in [7, 11) is 0. The molecule has 1 aromatic rings. The van der Waals surface area contributed by atoms with Crippen LogP contribution in [0.1, 0.15) is 26.3 Å². The summed E-state index contributed by atoms with van der Waals surface area (Å²) < 4.78 is 0.277. The second-order valence-corrected chi connectivity index (χ2v) is 7.72. The van der Waals surface area contributed by atoms with E-state index < -0.39 is 0 Å². The van der Waals surface area contributed by atoms with Gasteiger partial charge in [0.2, 0.25) is 0 Å². The highest BCUT2D eigenvalue weighted by Gasteiger charge is 2.16. The van der Waals surface area contributed by atoms with E-state index in [1.54, 1.807) is 0 Å². The first kappa shape index (κ1) is 13.9. The van der Waals surface area contributed by atoms with E-state index in [2.05, 4.69) is 55.3 Å². The predicted molar refractivity (Wildman–Crippen MR) is 80.2 cm³/mol. The molecule has 1 aliphatic heterocycles. The van der Waals surface area contributed by atoms with Crippen LogP contribution in [0.25, 0.3) is 0 Å². The van der Waals surface area contributed by atoms with Gasteiger partial charge in [-0.15, -0.1) is 11.8 Å². The lowest BCUT2D eigenvalue weighted by Gasteiger charge is -2.28. The lowest BCUT2D eigenvalue weighted by molar-refractivity contribution is 0.232. The summed E-state index contributed by atoms with van der Waals surface area (Å²) in [5.74, 6) is 0. The van der Waals surface area contributed by atoms with Crippen molar-refractivity contribution in [3.05, 3.63) is 29.8 Å². The van der Waals surface area contributed by atoms with Crippen molar-refractivity contribution in [1.82, 2.24) is 10.2 Å². The third-order valence-electron chi connectivity index (χ3n) is 2.99. The highest BCUT2D eigenvalue weighted by Crippen LogP contribution is 2.34. The molecule has 0 atom stereocenters. The fourth-order valence-electron chi connectivity index (χ4n) is 2.17. The fraction of sp³-hybridized carbons (Fsp3) is 0.600. The molecule has 2 nitrogen and oxygen atoms in total. The van der Waals surface area contributed by atoms with Crippen molar-refractivity contribution in [1.29, 1.82) is 0 Å². The van der Waals surface area contributed by atoms with Gasteiger partial charge < -0.3 is 5.32 Å². The van der Waals surface area contributed by atoms with E-state index in [1.807, 2.05) is 11.8 Å². The molecule has 1 aliphatic rings. The number of thioether (sulfide) groups is 1. The molecule has 1 fully saturated rings. The van der Waals surface area contributed by atoms with Crippen LogP contribution in [0, 0.1) is 0 Å². The fourth-order valence-corrected chi connectivity index (χ4v) is 3.24. The van der Waals surface area contributed by atoms with E-state index in [1.165, 1.54) is 10.5 Å². The highest BCUT2D eigenvalue weighted by molar-refractivity contribution is 8.00. The first-order valence-electron chi connectivity index (χ1n) is 6.74. The molecule has 1 N–H and O–H groups in total. The number of hydrogen-bond donors (Lipinski definition) is 1. The molecule has 0 aliphatic carbocycles. The van der Waals surface area contributed by atoms with Gasteiger partial charge in [0.05, 0.1) is 0 Å². The van der Waals surface area contributed by atoms with E-state index in [9.17, 15) is 0 Å². The molecule has 1 aromatic carbocycles. The second kappa shape index (κ2) is 6.09. The molecule has 0 spiro atoms. The van der Waals surface area contributed by atoms with Gasteiger partial charge in [0, 0.05) is 42.4 Å². The normalized spacial score (nSPS) is 17.9. The van der Waals surface area contributed by atoms with Gasteiger partial charge in [0.15, 0.2) is 0 Å². The maximum Gasteiger partial charge on any atom is 0.0245 e. The molecular formula is C15H24N2S. The molecule has 0 saturated carbocycles. The summed E-state index contributed by atoms with van der Waals surface area (Å²) >= 11 is 1.97. The molecule has 1 heterocycles. The summed E-state index contributed by atoms with van der Waals surface area (Å²) in [6, 6.07) is 8.84. The number of rotatable bonds is 3. The lowest BCUT2D eigenvalue weighted by atomic mass is 10.2. The van der Waals surface area contributed by atoms with Crippen molar-refractivity contribution in [3.63, 3.8) is 0 Å². The van der Waals surface area contributed by atoms with Crippen molar-refractivity contribution in [2.24, 2.45) is 0 Å². The third-order valence-corrected chi connectivity index (χ3v) is 4.22. The molecule has 1 saturated heterocycles. The van der Waals surface area contributed by atoms with Crippen molar-refractivity contribution in [2.75, 3.05) is 26.2 Å². The number of piperazine rings is 1. The van der Waals surface area contributed by atoms with Crippen LogP contribution in [0.3, 0.4) is 0 Å².